The summed E-state index contributed by atoms with van der Waals surface area (Å²) in [6, 6.07) is 7.70. The number of rotatable bonds is 6. The molecule has 6 nitrogen and oxygen atoms in total. The molecule has 0 bridgehead atoms. The minimum absolute atomic E-state index is 0.0726. The Balaban J connectivity index is 1.55. The van der Waals surface area contributed by atoms with E-state index >= 15 is 0 Å². The first-order valence-corrected chi connectivity index (χ1v) is 10.2. The lowest BCUT2D eigenvalue weighted by Gasteiger charge is -2.33. The molecule has 28 heavy (non-hydrogen) atoms. The van der Waals surface area contributed by atoms with Crippen LogP contribution >= 0.6 is 0 Å². The zero-order valence-corrected chi connectivity index (χ0v) is 16.3. The molecule has 1 aliphatic heterocycles. The summed E-state index contributed by atoms with van der Waals surface area (Å²) in [7, 11) is 0. The molecule has 2 aromatic heterocycles. The molecule has 0 radical (unpaired) electrons. The van der Waals surface area contributed by atoms with E-state index in [0.717, 1.165) is 56.0 Å². The van der Waals surface area contributed by atoms with E-state index in [2.05, 4.69) is 32.6 Å². The number of amides is 1. The Labute approximate surface area is 165 Å². The summed E-state index contributed by atoms with van der Waals surface area (Å²) in [6.07, 6.45) is 11.8. The highest BCUT2D eigenvalue weighted by molar-refractivity contribution is 6.00. The van der Waals surface area contributed by atoms with E-state index in [1.807, 2.05) is 35.4 Å². The van der Waals surface area contributed by atoms with E-state index in [9.17, 15) is 4.79 Å². The Morgan fingerprint density at radius 1 is 1.25 bits per heavy atom. The fourth-order valence-corrected chi connectivity index (χ4v) is 4.03. The Morgan fingerprint density at radius 3 is 2.96 bits per heavy atom. The number of nitrogens with one attached hydrogen (secondary N) is 1. The summed E-state index contributed by atoms with van der Waals surface area (Å²) < 4.78 is 2.26. The molecule has 6 heteroatoms. The highest BCUT2D eigenvalue weighted by Crippen LogP contribution is 2.29. The van der Waals surface area contributed by atoms with Crippen molar-refractivity contribution < 1.29 is 4.79 Å². The topological polar surface area (TPSA) is 66.8 Å². The first kappa shape index (κ1) is 18.5. The lowest BCUT2D eigenvalue weighted by molar-refractivity contribution is 0.0704. The van der Waals surface area contributed by atoms with Crippen LogP contribution in [0.3, 0.4) is 0 Å². The number of imidazole rings is 2. The van der Waals surface area contributed by atoms with Crippen molar-refractivity contribution in [3.8, 4) is 11.4 Å². The van der Waals surface area contributed by atoms with Crippen LogP contribution in [0.2, 0.25) is 0 Å². The van der Waals surface area contributed by atoms with Crippen LogP contribution in [0.1, 0.15) is 54.7 Å². The molecule has 0 aliphatic carbocycles. The molecule has 0 unspecified atom stereocenters. The van der Waals surface area contributed by atoms with E-state index in [1.54, 1.807) is 12.4 Å². The van der Waals surface area contributed by atoms with Crippen LogP contribution in [-0.2, 0) is 6.54 Å². The number of aryl methyl sites for hydroxylation is 1. The molecule has 3 heterocycles. The van der Waals surface area contributed by atoms with Crippen molar-refractivity contribution >= 4 is 5.91 Å². The van der Waals surface area contributed by atoms with Gasteiger partial charge >= 0.3 is 0 Å². The van der Waals surface area contributed by atoms with Crippen molar-refractivity contribution in [1.29, 1.82) is 0 Å². The van der Waals surface area contributed by atoms with Gasteiger partial charge in [0, 0.05) is 55.9 Å². The zero-order chi connectivity index (χ0) is 19.3. The third-order valence-electron chi connectivity index (χ3n) is 5.48. The van der Waals surface area contributed by atoms with Crippen molar-refractivity contribution in [3.63, 3.8) is 0 Å². The number of aromatic amines is 1. The van der Waals surface area contributed by atoms with Gasteiger partial charge in [-0.2, -0.15) is 0 Å². The number of aromatic nitrogens is 4. The summed E-state index contributed by atoms with van der Waals surface area (Å²) in [5, 5.41) is 0. The van der Waals surface area contributed by atoms with E-state index in [4.69, 9.17) is 0 Å². The van der Waals surface area contributed by atoms with Crippen LogP contribution in [0.4, 0.5) is 0 Å². The first-order chi connectivity index (χ1) is 13.8. The monoisotopic (exact) mass is 377 g/mol. The SMILES string of the molecule is CCCCn1ccnc1[C@@H]1CCCN(C(=O)c2ccccc2-c2ncc[nH]2)C1. The van der Waals surface area contributed by atoms with Gasteiger partial charge in [-0.1, -0.05) is 31.5 Å². The number of piperidine rings is 1. The van der Waals surface area contributed by atoms with Crippen LogP contribution < -0.4 is 0 Å². The van der Waals surface area contributed by atoms with Crippen molar-refractivity contribution in [2.45, 2.75) is 45.1 Å². The summed E-state index contributed by atoms with van der Waals surface area (Å²) in [5.74, 6) is 2.21. The Bertz CT molecular complexity index is 915. The smallest absolute Gasteiger partial charge is 0.254 e. The van der Waals surface area contributed by atoms with Gasteiger partial charge in [0.15, 0.2) is 0 Å². The fraction of sp³-hybridized carbons (Fsp3) is 0.409. The average molecular weight is 377 g/mol. The van der Waals surface area contributed by atoms with Gasteiger partial charge in [-0.05, 0) is 25.3 Å². The number of carbonyl (C=O) groups excluding carboxylic acids is 1. The summed E-state index contributed by atoms with van der Waals surface area (Å²) in [5.41, 5.74) is 1.55. The minimum Gasteiger partial charge on any atom is -0.345 e. The number of hydrogen-bond acceptors (Lipinski definition) is 3. The molecule has 146 valence electrons. The lowest BCUT2D eigenvalue weighted by atomic mass is 9.95. The summed E-state index contributed by atoms with van der Waals surface area (Å²) in [4.78, 5) is 27.4. The second-order valence-electron chi connectivity index (χ2n) is 7.41. The zero-order valence-electron chi connectivity index (χ0n) is 16.3. The highest BCUT2D eigenvalue weighted by Gasteiger charge is 2.29. The Hall–Kier alpha value is -2.89. The molecule has 1 aliphatic rings. The molecular weight excluding hydrogens is 350 g/mol. The van der Waals surface area contributed by atoms with Crippen LogP contribution in [0.5, 0.6) is 0 Å². The highest BCUT2D eigenvalue weighted by atomic mass is 16.2. The van der Waals surface area contributed by atoms with Gasteiger partial charge < -0.3 is 14.5 Å². The summed E-state index contributed by atoms with van der Waals surface area (Å²) >= 11 is 0. The number of benzene rings is 1. The Kier molecular flexibility index (Phi) is 5.55. The van der Waals surface area contributed by atoms with Gasteiger partial charge in [0.05, 0.1) is 5.56 Å². The third-order valence-corrected chi connectivity index (χ3v) is 5.48. The molecule has 0 saturated carbocycles. The maximum Gasteiger partial charge on any atom is 0.254 e. The van der Waals surface area contributed by atoms with Gasteiger partial charge in [0.2, 0.25) is 0 Å². The van der Waals surface area contributed by atoms with Crippen molar-refractivity contribution in [1.82, 2.24) is 24.4 Å². The van der Waals surface area contributed by atoms with Gasteiger partial charge in [0.1, 0.15) is 11.6 Å². The standard InChI is InChI=1S/C22H27N5O/c1-2-3-13-26-15-12-25-21(26)17-7-6-14-27(16-17)22(28)19-9-5-4-8-18(19)20-23-10-11-24-20/h4-5,8-12,15,17H,2-3,6-7,13-14,16H2,1H3,(H,23,24)/t17-/m1/s1. The molecule has 3 aromatic rings. The number of likely N-dealkylation sites (tertiary alicyclic amines) is 1. The molecule has 4 rings (SSSR count). The third kappa shape index (κ3) is 3.72. The summed E-state index contributed by atoms with van der Waals surface area (Å²) in [6.45, 7) is 4.71. The lowest BCUT2D eigenvalue weighted by Crippen LogP contribution is -2.40. The number of hydrogen-bond donors (Lipinski definition) is 1. The predicted molar refractivity (Wildman–Crippen MR) is 109 cm³/mol. The maximum atomic E-state index is 13.3. The second-order valence-corrected chi connectivity index (χ2v) is 7.41. The number of unbranched alkanes of at least 4 members (excludes halogenated alkanes) is 1. The second kappa shape index (κ2) is 8.42. The van der Waals surface area contributed by atoms with E-state index in [-0.39, 0.29) is 5.91 Å². The van der Waals surface area contributed by atoms with E-state index < -0.39 is 0 Å². The van der Waals surface area contributed by atoms with Gasteiger partial charge in [-0.25, -0.2) is 9.97 Å². The van der Waals surface area contributed by atoms with Crippen LogP contribution in [0, 0.1) is 0 Å². The predicted octanol–water partition coefficient (Wildman–Crippen LogP) is 4.09. The fourth-order valence-electron chi connectivity index (χ4n) is 4.03. The quantitative estimate of drug-likeness (QED) is 0.703. The molecular formula is C22H27N5O. The largest absolute Gasteiger partial charge is 0.345 e. The number of H-pyrrole nitrogens is 1. The van der Waals surface area contributed by atoms with E-state index in [0.29, 0.717) is 18.0 Å². The molecule has 1 aromatic carbocycles. The van der Waals surface area contributed by atoms with Crippen LogP contribution in [-0.4, -0.2) is 43.4 Å². The maximum absolute atomic E-state index is 13.3. The van der Waals surface area contributed by atoms with Crippen LogP contribution in [0.15, 0.2) is 49.1 Å². The number of carbonyl (C=O) groups is 1. The van der Waals surface area contributed by atoms with Crippen molar-refractivity contribution in [3.05, 3.63) is 60.4 Å². The van der Waals surface area contributed by atoms with Gasteiger partial charge in [-0.15, -0.1) is 0 Å². The molecule has 1 saturated heterocycles. The number of nitrogens with zero attached hydrogens (tertiary/aromatic N) is 4. The van der Waals surface area contributed by atoms with E-state index in [1.165, 1.54) is 0 Å². The normalized spacial score (nSPS) is 17.0. The average Bonchev–Trinajstić information content (AvgIpc) is 3.44. The first-order valence-electron chi connectivity index (χ1n) is 10.2. The molecule has 1 fully saturated rings. The minimum atomic E-state index is 0.0726. The van der Waals surface area contributed by atoms with Gasteiger partial charge in [-0.3, -0.25) is 4.79 Å². The van der Waals surface area contributed by atoms with Gasteiger partial charge in [0.25, 0.3) is 5.91 Å². The van der Waals surface area contributed by atoms with Crippen molar-refractivity contribution in [2.75, 3.05) is 13.1 Å². The van der Waals surface area contributed by atoms with Crippen LogP contribution in [0.25, 0.3) is 11.4 Å². The molecule has 1 atom stereocenters. The molecule has 1 amide bonds. The molecule has 0 spiro atoms. The van der Waals surface area contributed by atoms with Crippen molar-refractivity contribution in [2.24, 2.45) is 0 Å². The molecule has 1 N–H and O–H groups in total. The Morgan fingerprint density at radius 2 is 2.14 bits per heavy atom.